The van der Waals surface area contributed by atoms with Crippen LogP contribution in [-0.4, -0.2) is 29.8 Å². The number of rotatable bonds is 4. The zero-order chi connectivity index (χ0) is 13.7. The smallest absolute Gasteiger partial charge is 0.242 e. The molecule has 4 nitrogen and oxygen atoms in total. The van der Waals surface area contributed by atoms with Gasteiger partial charge in [-0.1, -0.05) is 12.1 Å². The fourth-order valence-electron chi connectivity index (χ4n) is 1.66. The number of nitrogens with one attached hydrogen (secondary N) is 1. The number of amides is 2. The Morgan fingerprint density at radius 3 is 2.33 bits per heavy atom. The first-order valence-corrected chi connectivity index (χ1v) is 5.69. The van der Waals surface area contributed by atoms with Crippen molar-refractivity contribution in [2.24, 2.45) is 0 Å². The van der Waals surface area contributed by atoms with Crippen molar-refractivity contribution in [1.82, 2.24) is 10.2 Å². The zero-order valence-electron chi connectivity index (χ0n) is 10.7. The van der Waals surface area contributed by atoms with E-state index in [9.17, 15) is 14.0 Å². The van der Waals surface area contributed by atoms with Crippen LogP contribution in [0.15, 0.2) is 24.3 Å². The molecule has 0 spiro atoms. The van der Waals surface area contributed by atoms with Gasteiger partial charge in [0.1, 0.15) is 11.9 Å². The van der Waals surface area contributed by atoms with E-state index in [0.29, 0.717) is 0 Å². The summed E-state index contributed by atoms with van der Waals surface area (Å²) in [5, 5.41) is 2.50. The number of halogens is 1. The largest absolute Gasteiger partial charge is 0.357 e. The van der Waals surface area contributed by atoms with Gasteiger partial charge >= 0.3 is 0 Å². The van der Waals surface area contributed by atoms with Crippen LogP contribution < -0.4 is 5.32 Å². The molecule has 1 aromatic rings. The van der Waals surface area contributed by atoms with Crippen molar-refractivity contribution in [3.8, 4) is 0 Å². The lowest BCUT2D eigenvalue weighted by Crippen LogP contribution is -2.45. The third-order valence-electron chi connectivity index (χ3n) is 2.76. The normalized spacial score (nSPS) is 11.8. The zero-order valence-corrected chi connectivity index (χ0v) is 10.7. The molecule has 0 saturated heterocycles. The Morgan fingerprint density at radius 1 is 1.33 bits per heavy atom. The molecule has 0 aliphatic heterocycles. The molecule has 0 bridgehead atoms. The van der Waals surface area contributed by atoms with Gasteiger partial charge in [-0.25, -0.2) is 4.39 Å². The van der Waals surface area contributed by atoms with Crippen molar-refractivity contribution >= 4 is 11.8 Å². The summed E-state index contributed by atoms with van der Waals surface area (Å²) in [7, 11) is 1.52. The molecular formula is C13H17FN2O2. The highest BCUT2D eigenvalue weighted by molar-refractivity contribution is 5.86. The summed E-state index contributed by atoms with van der Waals surface area (Å²) in [6, 6.07) is 5.30. The van der Waals surface area contributed by atoms with Crippen molar-refractivity contribution in [1.29, 1.82) is 0 Å². The van der Waals surface area contributed by atoms with Gasteiger partial charge in [0.15, 0.2) is 0 Å². The predicted octanol–water partition coefficient (Wildman–Crippen LogP) is 1.31. The van der Waals surface area contributed by atoms with E-state index in [1.165, 1.54) is 31.0 Å². The third-order valence-corrected chi connectivity index (χ3v) is 2.76. The average Bonchev–Trinajstić information content (AvgIpc) is 2.36. The standard InChI is InChI=1S/C13H17FN2O2/c1-9(13(18)15-3)16(10(2)17)8-11-4-6-12(14)7-5-11/h4-7,9H,8H2,1-3H3,(H,15,18). The van der Waals surface area contributed by atoms with Gasteiger partial charge in [-0.05, 0) is 24.6 Å². The molecule has 0 aliphatic carbocycles. The lowest BCUT2D eigenvalue weighted by Gasteiger charge is -2.27. The number of nitrogens with zero attached hydrogens (tertiary/aromatic N) is 1. The highest BCUT2D eigenvalue weighted by Gasteiger charge is 2.22. The maximum Gasteiger partial charge on any atom is 0.242 e. The molecule has 1 atom stereocenters. The molecule has 0 fully saturated rings. The molecule has 1 N–H and O–H groups in total. The lowest BCUT2D eigenvalue weighted by molar-refractivity contribution is -0.138. The van der Waals surface area contributed by atoms with Crippen LogP contribution in [0.25, 0.3) is 0 Å². The Kier molecular flexibility index (Phi) is 4.83. The van der Waals surface area contributed by atoms with Crippen LogP contribution in [-0.2, 0) is 16.1 Å². The van der Waals surface area contributed by atoms with Crippen LogP contribution in [0.3, 0.4) is 0 Å². The molecule has 18 heavy (non-hydrogen) atoms. The SMILES string of the molecule is CNC(=O)C(C)N(Cc1ccc(F)cc1)C(C)=O. The van der Waals surface area contributed by atoms with Crippen LogP contribution in [0.2, 0.25) is 0 Å². The number of carbonyl (C=O) groups is 2. The van der Waals surface area contributed by atoms with Crippen LogP contribution >= 0.6 is 0 Å². The van der Waals surface area contributed by atoms with E-state index in [4.69, 9.17) is 0 Å². The van der Waals surface area contributed by atoms with Gasteiger partial charge in [0.2, 0.25) is 11.8 Å². The third kappa shape index (κ3) is 3.55. The summed E-state index contributed by atoms with van der Waals surface area (Å²) in [5.41, 5.74) is 0.780. The Balaban J connectivity index is 2.84. The van der Waals surface area contributed by atoms with Crippen molar-refractivity contribution in [2.45, 2.75) is 26.4 Å². The maximum absolute atomic E-state index is 12.8. The van der Waals surface area contributed by atoms with Gasteiger partial charge < -0.3 is 10.2 Å². The second kappa shape index (κ2) is 6.14. The van der Waals surface area contributed by atoms with Crippen molar-refractivity contribution in [3.63, 3.8) is 0 Å². The van der Waals surface area contributed by atoms with E-state index in [0.717, 1.165) is 5.56 Å². The number of hydrogen-bond donors (Lipinski definition) is 1. The van der Waals surface area contributed by atoms with Crippen LogP contribution in [0, 0.1) is 5.82 Å². The maximum atomic E-state index is 12.8. The molecule has 5 heteroatoms. The average molecular weight is 252 g/mol. The van der Waals surface area contributed by atoms with E-state index in [-0.39, 0.29) is 24.2 Å². The van der Waals surface area contributed by atoms with Gasteiger partial charge in [-0.3, -0.25) is 9.59 Å². The number of hydrogen-bond acceptors (Lipinski definition) is 2. The summed E-state index contributed by atoms with van der Waals surface area (Å²) < 4.78 is 12.8. The molecule has 2 amide bonds. The van der Waals surface area contributed by atoms with Crippen LogP contribution in [0.1, 0.15) is 19.4 Å². The summed E-state index contributed by atoms with van der Waals surface area (Å²) >= 11 is 0. The van der Waals surface area contributed by atoms with Crippen LogP contribution in [0.5, 0.6) is 0 Å². The summed E-state index contributed by atoms with van der Waals surface area (Å²) in [5.74, 6) is -0.754. The summed E-state index contributed by atoms with van der Waals surface area (Å²) in [4.78, 5) is 24.5. The summed E-state index contributed by atoms with van der Waals surface area (Å²) in [6.45, 7) is 3.34. The predicted molar refractivity (Wildman–Crippen MR) is 66.2 cm³/mol. The molecule has 1 aromatic carbocycles. The van der Waals surface area contributed by atoms with E-state index < -0.39 is 6.04 Å². The molecule has 98 valence electrons. The molecule has 0 radical (unpaired) electrons. The van der Waals surface area contributed by atoms with Gasteiger partial charge in [-0.15, -0.1) is 0 Å². The minimum Gasteiger partial charge on any atom is -0.357 e. The number of benzene rings is 1. The molecule has 1 rings (SSSR count). The Morgan fingerprint density at radius 2 is 1.89 bits per heavy atom. The van der Waals surface area contributed by atoms with E-state index in [1.54, 1.807) is 19.1 Å². The second-order valence-electron chi connectivity index (χ2n) is 4.06. The molecule has 0 heterocycles. The first kappa shape index (κ1) is 14.2. The van der Waals surface area contributed by atoms with Gasteiger partial charge in [0.05, 0.1) is 0 Å². The minimum absolute atomic E-state index is 0.199. The van der Waals surface area contributed by atoms with Crippen molar-refractivity contribution < 1.29 is 14.0 Å². The molecule has 1 unspecified atom stereocenters. The van der Waals surface area contributed by atoms with E-state index in [1.807, 2.05) is 0 Å². The highest BCUT2D eigenvalue weighted by atomic mass is 19.1. The van der Waals surface area contributed by atoms with Gasteiger partial charge in [0, 0.05) is 20.5 Å². The van der Waals surface area contributed by atoms with Crippen molar-refractivity contribution in [2.75, 3.05) is 7.05 Å². The Bertz CT molecular complexity index is 431. The van der Waals surface area contributed by atoms with Gasteiger partial charge in [-0.2, -0.15) is 0 Å². The quantitative estimate of drug-likeness (QED) is 0.878. The first-order valence-electron chi connectivity index (χ1n) is 5.69. The minimum atomic E-state index is -0.558. The number of likely N-dealkylation sites (N-methyl/N-ethyl adjacent to an activating group) is 1. The fraction of sp³-hybridized carbons (Fsp3) is 0.385. The number of carbonyl (C=O) groups excluding carboxylic acids is 2. The van der Waals surface area contributed by atoms with Crippen LogP contribution in [0.4, 0.5) is 4.39 Å². The highest BCUT2D eigenvalue weighted by Crippen LogP contribution is 2.10. The fourth-order valence-corrected chi connectivity index (χ4v) is 1.66. The van der Waals surface area contributed by atoms with E-state index >= 15 is 0 Å². The lowest BCUT2D eigenvalue weighted by atomic mass is 10.1. The van der Waals surface area contributed by atoms with Crippen molar-refractivity contribution in [3.05, 3.63) is 35.6 Å². The molecule has 0 aromatic heterocycles. The molecule has 0 saturated carbocycles. The topological polar surface area (TPSA) is 49.4 Å². The van der Waals surface area contributed by atoms with E-state index in [2.05, 4.69) is 5.32 Å². The molecule has 0 aliphatic rings. The second-order valence-corrected chi connectivity index (χ2v) is 4.06. The first-order chi connectivity index (χ1) is 8.45. The Hall–Kier alpha value is -1.91. The summed E-state index contributed by atoms with van der Waals surface area (Å²) in [6.07, 6.45) is 0. The molecular weight excluding hydrogens is 235 g/mol. The van der Waals surface area contributed by atoms with Gasteiger partial charge in [0.25, 0.3) is 0 Å². The monoisotopic (exact) mass is 252 g/mol. The Labute approximate surface area is 106 Å².